The van der Waals surface area contributed by atoms with Gasteiger partial charge in [-0.2, -0.15) is 0 Å². The maximum Gasteiger partial charge on any atom is 0.326 e. The first-order valence-corrected chi connectivity index (χ1v) is 22.1. The average molecular weight is 924 g/mol. The summed E-state index contributed by atoms with van der Waals surface area (Å²) in [4.78, 5) is 93.1. The van der Waals surface area contributed by atoms with Crippen LogP contribution >= 0.6 is 0 Å². The van der Waals surface area contributed by atoms with Crippen LogP contribution in [0.5, 0.6) is 11.5 Å². The second kappa shape index (κ2) is 25.4. The van der Waals surface area contributed by atoms with Crippen LogP contribution in [0.25, 0.3) is 22.3 Å². The van der Waals surface area contributed by atoms with E-state index in [1.807, 2.05) is 12.1 Å². The number of nitrogens with two attached hydrogens (primary N) is 1. The number of likely N-dealkylation sites (N-methyl/N-ethyl adjacent to an activating group) is 2. The molecule has 67 heavy (non-hydrogen) atoms. The molecule has 1 heterocycles. The Morgan fingerprint density at radius 3 is 2.00 bits per heavy atom. The molecular weight excluding hydrogens is 863 g/mol. The fraction of sp³-hybridized carbons (Fsp3) is 0.367. The molecule has 4 aromatic rings. The number of nitrogens with one attached hydrogen (secondary N) is 4. The van der Waals surface area contributed by atoms with Crippen LogP contribution in [0.2, 0.25) is 0 Å². The number of phenols is 2. The molecule has 1 aliphatic rings. The Kier molecular flexibility index (Phi) is 19.8. The van der Waals surface area contributed by atoms with E-state index in [1.54, 1.807) is 24.3 Å². The molecule has 4 bridgehead atoms. The second-order valence-electron chi connectivity index (χ2n) is 16.0. The number of aryl methyl sites for hydroxylation is 1. The minimum absolute atomic E-state index is 0.0584. The number of fused-ring (bicyclic) bond motifs is 5. The van der Waals surface area contributed by atoms with Gasteiger partial charge in [-0.05, 0) is 90.0 Å². The average Bonchev–Trinajstić information content (AvgIpc) is 3.32. The first kappa shape index (κ1) is 52.3. The lowest BCUT2D eigenvalue weighted by molar-refractivity contribution is -0.142. The fourth-order valence-electron chi connectivity index (χ4n) is 7.13. The van der Waals surface area contributed by atoms with Crippen LogP contribution in [0.3, 0.4) is 0 Å². The highest BCUT2D eigenvalue weighted by Crippen LogP contribution is 2.38. The molecule has 1 aliphatic heterocycles. The zero-order valence-corrected chi connectivity index (χ0v) is 38.2. The van der Waals surface area contributed by atoms with Crippen LogP contribution in [0.1, 0.15) is 72.6 Å². The van der Waals surface area contributed by atoms with Crippen LogP contribution in [0.15, 0.2) is 84.9 Å². The highest BCUT2D eigenvalue weighted by atomic mass is 16.4. The number of aliphatic hydroxyl groups excluding tert-OH is 1. The number of phenolic OH excluding ortho intramolecular Hbond substituents is 2. The molecule has 0 radical (unpaired) electrons. The van der Waals surface area contributed by atoms with E-state index < -0.39 is 85.8 Å². The van der Waals surface area contributed by atoms with Gasteiger partial charge in [0, 0.05) is 37.2 Å². The lowest BCUT2D eigenvalue weighted by atomic mass is 9.94. The minimum Gasteiger partial charge on any atom is -0.507 e. The van der Waals surface area contributed by atoms with Crippen molar-refractivity contribution in [2.75, 3.05) is 46.9 Å². The zero-order valence-electron chi connectivity index (χ0n) is 38.2. The normalized spacial score (nSPS) is 15.0. The molecule has 18 heteroatoms. The number of carbonyl (C=O) groups is 7. The lowest BCUT2D eigenvalue weighted by Crippen LogP contribution is -2.52. The maximum absolute atomic E-state index is 13.6. The predicted molar refractivity (Wildman–Crippen MR) is 250 cm³/mol. The summed E-state index contributed by atoms with van der Waals surface area (Å²) in [7, 11) is 2.60. The van der Waals surface area contributed by atoms with Gasteiger partial charge in [-0.15, -0.1) is 0 Å². The smallest absolute Gasteiger partial charge is 0.326 e. The largest absolute Gasteiger partial charge is 0.507 e. The summed E-state index contributed by atoms with van der Waals surface area (Å²) in [6.07, 6.45) is 5.42. The quantitative estimate of drug-likeness (QED) is 0.0785. The molecule has 0 saturated heterocycles. The Morgan fingerprint density at radius 2 is 1.42 bits per heavy atom. The number of amides is 6. The van der Waals surface area contributed by atoms with E-state index >= 15 is 0 Å². The number of rotatable bonds is 16. The van der Waals surface area contributed by atoms with E-state index in [-0.39, 0.29) is 40.2 Å². The number of carboxylic acid groups (broad SMARTS) is 1. The number of nitrogens with zero attached hydrogens (tertiary/aromatic N) is 2. The van der Waals surface area contributed by atoms with Crippen molar-refractivity contribution >= 4 is 41.4 Å². The summed E-state index contributed by atoms with van der Waals surface area (Å²) in [5.41, 5.74) is 9.22. The van der Waals surface area contributed by atoms with Gasteiger partial charge in [-0.3, -0.25) is 28.8 Å². The molecule has 358 valence electrons. The Balaban J connectivity index is 0.00000186. The zero-order chi connectivity index (χ0) is 49.2. The van der Waals surface area contributed by atoms with Crippen LogP contribution in [0.4, 0.5) is 0 Å². The number of carbonyl (C=O) groups excluding carboxylic acids is 6. The van der Waals surface area contributed by atoms with Crippen molar-refractivity contribution in [3.63, 3.8) is 0 Å². The van der Waals surface area contributed by atoms with Crippen molar-refractivity contribution < 1.29 is 54.0 Å². The van der Waals surface area contributed by atoms with Crippen LogP contribution < -0.4 is 27.0 Å². The van der Waals surface area contributed by atoms with Crippen LogP contribution in [0, 0.1) is 0 Å². The van der Waals surface area contributed by atoms with E-state index in [4.69, 9.17) is 5.73 Å². The Hall–Kier alpha value is -7.31. The third kappa shape index (κ3) is 14.6. The van der Waals surface area contributed by atoms with Gasteiger partial charge in [0.2, 0.25) is 29.5 Å². The molecule has 10 N–H and O–H groups in total. The highest BCUT2D eigenvalue weighted by Gasteiger charge is 2.32. The van der Waals surface area contributed by atoms with Gasteiger partial charge in [-0.25, -0.2) is 4.79 Å². The number of aromatic hydroxyl groups is 2. The van der Waals surface area contributed by atoms with E-state index in [0.29, 0.717) is 5.56 Å². The standard InChI is InChI=1S/C45H50N6O11.C4H11N/c1-4-5-6-26-7-10-28(11-8-26)29-12-14-30(15-13-29)44(60)50(2)35(25-52)42(58)47-22-38(55)46-24-40(57)51(3)41-31-16-18-37(54)33(21-31)32-19-27(9-17-36(32)53)20-34(45(61)62)49-39(56)23-48-43(41)59;1-2-3-4-5/h7-19,21,34-35,41,52-54H,4-6,20,22-25H2,1-3H3,(H,46,55)(H,47,58)(H,48,59)(H,49,56)(H,61,62);2-5H2,1H3/t34-,35+,41?;/m0./s1. The molecule has 1 unspecified atom stereocenters. The molecule has 0 saturated carbocycles. The third-order valence-corrected chi connectivity index (χ3v) is 11.1. The molecule has 0 aliphatic carbocycles. The van der Waals surface area contributed by atoms with Crippen molar-refractivity contribution in [3.05, 3.63) is 107 Å². The van der Waals surface area contributed by atoms with Gasteiger partial charge in [0.1, 0.15) is 29.6 Å². The maximum atomic E-state index is 13.6. The first-order valence-electron chi connectivity index (χ1n) is 22.1. The molecule has 5 rings (SSSR count). The third-order valence-electron chi connectivity index (χ3n) is 11.1. The number of aliphatic hydroxyl groups is 1. The van der Waals surface area contributed by atoms with E-state index in [2.05, 4.69) is 47.2 Å². The van der Waals surface area contributed by atoms with Crippen molar-refractivity contribution in [1.29, 1.82) is 0 Å². The number of benzene rings is 4. The SMILES string of the molecule is CCCCN.CCCCc1ccc(-c2ccc(C(=O)N(C)[C@H](CO)C(=O)NCC(=O)NCC(=O)N(C)C3C(=O)NCC(=O)N[C@H](C(=O)O)Cc4ccc(O)c(c4)-c4cc3ccc4O)cc2)cc1. The van der Waals surface area contributed by atoms with Crippen molar-refractivity contribution in [3.8, 4) is 33.8 Å². The summed E-state index contributed by atoms with van der Waals surface area (Å²) in [5, 5.41) is 50.8. The van der Waals surface area contributed by atoms with Gasteiger partial charge in [0.15, 0.2) is 0 Å². The van der Waals surface area contributed by atoms with Gasteiger partial charge < -0.3 is 57.2 Å². The van der Waals surface area contributed by atoms with Crippen LogP contribution in [-0.4, -0.2) is 131 Å². The molecule has 0 fully saturated rings. The Morgan fingerprint density at radius 1 is 0.806 bits per heavy atom. The lowest BCUT2D eigenvalue weighted by Gasteiger charge is -2.29. The molecule has 4 aromatic carbocycles. The summed E-state index contributed by atoms with van der Waals surface area (Å²) >= 11 is 0. The molecule has 3 atom stereocenters. The van der Waals surface area contributed by atoms with Gasteiger partial charge in [0.25, 0.3) is 5.91 Å². The number of aliphatic carboxylic acids is 1. The van der Waals surface area contributed by atoms with Gasteiger partial charge in [0.05, 0.1) is 26.2 Å². The van der Waals surface area contributed by atoms with Gasteiger partial charge >= 0.3 is 5.97 Å². The summed E-state index contributed by atoms with van der Waals surface area (Å²) in [6.45, 7) is 2.41. The molecule has 18 nitrogen and oxygen atoms in total. The topological polar surface area (TPSA) is 281 Å². The monoisotopic (exact) mass is 923 g/mol. The van der Waals surface area contributed by atoms with Crippen molar-refractivity contribution in [1.82, 2.24) is 31.1 Å². The number of hydrogen-bond donors (Lipinski definition) is 9. The predicted octanol–water partition coefficient (Wildman–Crippen LogP) is 2.63. The van der Waals surface area contributed by atoms with Crippen molar-refractivity contribution in [2.45, 2.75) is 70.5 Å². The second-order valence-corrected chi connectivity index (χ2v) is 16.0. The van der Waals surface area contributed by atoms with E-state index in [1.165, 1.54) is 68.9 Å². The number of carboxylic acids is 1. The number of hydrogen-bond acceptors (Lipinski definition) is 11. The highest BCUT2D eigenvalue weighted by molar-refractivity contribution is 5.99. The number of unbranched alkanes of at least 4 members (excludes halogenated alkanes) is 2. The summed E-state index contributed by atoms with van der Waals surface area (Å²) in [5.74, 6) is -6.63. The summed E-state index contributed by atoms with van der Waals surface area (Å²) in [6, 6.07) is 19.0. The molecule has 0 spiro atoms. The van der Waals surface area contributed by atoms with Gasteiger partial charge in [-0.1, -0.05) is 75.2 Å². The van der Waals surface area contributed by atoms with E-state index in [0.717, 1.165) is 46.7 Å². The molecule has 0 aromatic heterocycles. The molecule has 6 amide bonds. The van der Waals surface area contributed by atoms with E-state index in [9.17, 15) is 54.0 Å². The summed E-state index contributed by atoms with van der Waals surface area (Å²) < 4.78 is 0. The first-order chi connectivity index (χ1) is 32.0. The minimum atomic E-state index is -1.47. The van der Waals surface area contributed by atoms with Crippen molar-refractivity contribution in [2.24, 2.45) is 5.73 Å². The Bertz CT molecular complexity index is 2370. The molecular formula is C49H61N7O11. The Labute approximate surface area is 389 Å². The fourth-order valence-corrected chi connectivity index (χ4v) is 7.13. The van der Waals surface area contributed by atoms with Crippen LogP contribution in [-0.2, 0) is 41.6 Å².